The van der Waals surface area contributed by atoms with Gasteiger partial charge < -0.3 is 10.4 Å². The van der Waals surface area contributed by atoms with Crippen molar-refractivity contribution < 1.29 is 14.7 Å². The normalized spacial score (nSPS) is 11.7. The first-order chi connectivity index (χ1) is 12.5. The van der Waals surface area contributed by atoms with Crippen molar-refractivity contribution in [1.29, 1.82) is 0 Å². The number of amides is 1. The summed E-state index contributed by atoms with van der Waals surface area (Å²) in [5.41, 5.74) is 2.14. The van der Waals surface area contributed by atoms with E-state index >= 15 is 0 Å². The molecule has 1 unspecified atom stereocenters. The van der Waals surface area contributed by atoms with Crippen molar-refractivity contribution in [3.63, 3.8) is 0 Å². The number of hydrogen-bond acceptors (Lipinski definition) is 4. The van der Waals surface area contributed by atoms with Crippen molar-refractivity contribution >= 4 is 11.9 Å². The Hall–Kier alpha value is -3.48. The molecular weight excluding hydrogens is 332 g/mol. The van der Waals surface area contributed by atoms with Crippen molar-refractivity contribution in [3.8, 4) is 0 Å². The smallest absolute Gasteiger partial charge is 0.335 e. The van der Waals surface area contributed by atoms with E-state index in [0.717, 1.165) is 5.56 Å². The average Bonchev–Trinajstić information content (AvgIpc) is 3.14. The number of carboxylic acids is 1. The second-order valence-electron chi connectivity index (χ2n) is 5.89. The quantitative estimate of drug-likeness (QED) is 0.712. The zero-order chi connectivity index (χ0) is 18.5. The van der Waals surface area contributed by atoms with Gasteiger partial charge >= 0.3 is 5.97 Å². The summed E-state index contributed by atoms with van der Waals surface area (Å²) < 4.78 is 1.65. The van der Waals surface area contributed by atoms with E-state index in [9.17, 15) is 9.59 Å². The fourth-order valence-corrected chi connectivity index (χ4v) is 2.72. The highest BCUT2D eigenvalue weighted by molar-refractivity contribution is 5.97. The molecule has 132 valence electrons. The van der Waals surface area contributed by atoms with Gasteiger partial charge in [0.2, 0.25) is 0 Å². The molecule has 2 N–H and O–H groups in total. The number of carbonyl (C=O) groups excluding carboxylic acids is 1. The van der Waals surface area contributed by atoms with Crippen LogP contribution in [0.2, 0.25) is 0 Å². The van der Waals surface area contributed by atoms with E-state index in [-0.39, 0.29) is 17.5 Å². The summed E-state index contributed by atoms with van der Waals surface area (Å²) in [5.74, 6) is -1.29. The highest BCUT2D eigenvalue weighted by atomic mass is 16.4. The van der Waals surface area contributed by atoms with Crippen LogP contribution < -0.4 is 5.32 Å². The van der Waals surface area contributed by atoms with Gasteiger partial charge in [0.15, 0.2) is 0 Å². The molecule has 3 rings (SSSR count). The summed E-state index contributed by atoms with van der Waals surface area (Å²) in [5, 5.41) is 16.2. The van der Waals surface area contributed by atoms with Crippen LogP contribution in [0.15, 0.2) is 61.2 Å². The number of benzene rings is 2. The van der Waals surface area contributed by atoms with E-state index in [1.165, 1.54) is 24.5 Å². The predicted octanol–water partition coefficient (Wildman–Crippen LogP) is 2.46. The Balaban J connectivity index is 1.84. The SMILES string of the molecule is Cc1cc(C(=O)O)ccc1C(=O)NC(Cn1cncn1)c1ccccc1. The zero-order valence-electron chi connectivity index (χ0n) is 14.2. The summed E-state index contributed by atoms with van der Waals surface area (Å²) in [6.07, 6.45) is 3.04. The second-order valence-corrected chi connectivity index (χ2v) is 5.89. The Morgan fingerprint density at radius 2 is 1.96 bits per heavy atom. The number of hydrogen-bond donors (Lipinski definition) is 2. The van der Waals surface area contributed by atoms with Gasteiger partial charge in [-0.15, -0.1) is 0 Å². The van der Waals surface area contributed by atoms with Gasteiger partial charge in [0, 0.05) is 5.56 Å². The number of aryl methyl sites for hydroxylation is 1. The molecule has 0 bridgehead atoms. The first-order valence-corrected chi connectivity index (χ1v) is 8.07. The van der Waals surface area contributed by atoms with Gasteiger partial charge in [0.05, 0.1) is 18.2 Å². The van der Waals surface area contributed by atoms with Crippen LogP contribution in [0.4, 0.5) is 0 Å². The molecule has 3 aromatic rings. The van der Waals surface area contributed by atoms with E-state index < -0.39 is 5.97 Å². The van der Waals surface area contributed by atoms with Crippen LogP contribution in [0.5, 0.6) is 0 Å². The van der Waals surface area contributed by atoms with Crippen LogP contribution in [0, 0.1) is 6.92 Å². The van der Waals surface area contributed by atoms with Gasteiger partial charge in [-0.2, -0.15) is 5.10 Å². The van der Waals surface area contributed by atoms with Crippen molar-refractivity contribution in [2.24, 2.45) is 0 Å². The fraction of sp³-hybridized carbons (Fsp3) is 0.158. The van der Waals surface area contributed by atoms with Crippen LogP contribution in [-0.2, 0) is 6.54 Å². The lowest BCUT2D eigenvalue weighted by Crippen LogP contribution is -2.32. The van der Waals surface area contributed by atoms with E-state index in [0.29, 0.717) is 17.7 Å². The largest absolute Gasteiger partial charge is 0.478 e. The molecule has 1 heterocycles. The first kappa shape index (κ1) is 17.3. The third kappa shape index (κ3) is 3.94. The van der Waals surface area contributed by atoms with E-state index in [2.05, 4.69) is 15.4 Å². The maximum absolute atomic E-state index is 12.8. The fourth-order valence-electron chi connectivity index (χ4n) is 2.72. The minimum Gasteiger partial charge on any atom is -0.478 e. The lowest BCUT2D eigenvalue weighted by molar-refractivity contribution is 0.0696. The minimum atomic E-state index is -1.02. The Labute approximate surface area is 150 Å². The van der Waals surface area contributed by atoms with Gasteiger partial charge in [-0.3, -0.25) is 9.48 Å². The third-order valence-corrected chi connectivity index (χ3v) is 4.06. The lowest BCUT2D eigenvalue weighted by Gasteiger charge is -2.20. The van der Waals surface area contributed by atoms with E-state index in [1.807, 2.05) is 30.3 Å². The number of carboxylic acid groups (broad SMARTS) is 1. The molecule has 1 aromatic heterocycles. The first-order valence-electron chi connectivity index (χ1n) is 8.07. The monoisotopic (exact) mass is 350 g/mol. The Bertz CT molecular complexity index is 908. The van der Waals surface area contributed by atoms with Gasteiger partial charge in [-0.05, 0) is 36.2 Å². The topological polar surface area (TPSA) is 97.1 Å². The lowest BCUT2D eigenvalue weighted by atomic mass is 10.0. The number of aromatic carboxylic acids is 1. The zero-order valence-corrected chi connectivity index (χ0v) is 14.2. The summed E-state index contributed by atoms with van der Waals surface area (Å²) in [6, 6.07) is 13.7. The van der Waals surface area contributed by atoms with Crippen LogP contribution >= 0.6 is 0 Å². The van der Waals surface area contributed by atoms with Crippen LogP contribution in [0.25, 0.3) is 0 Å². The molecule has 0 aliphatic carbocycles. The molecule has 26 heavy (non-hydrogen) atoms. The summed E-state index contributed by atoms with van der Waals surface area (Å²) >= 11 is 0. The predicted molar refractivity (Wildman–Crippen MR) is 94.8 cm³/mol. The van der Waals surface area contributed by atoms with Gasteiger partial charge in [0.25, 0.3) is 5.91 Å². The molecule has 1 atom stereocenters. The van der Waals surface area contributed by atoms with Crippen molar-refractivity contribution in [1.82, 2.24) is 20.1 Å². The highest BCUT2D eigenvalue weighted by Gasteiger charge is 2.18. The Morgan fingerprint density at radius 3 is 2.58 bits per heavy atom. The minimum absolute atomic E-state index is 0.154. The summed E-state index contributed by atoms with van der Waals surface area (Å²) in [4.78, 5) is 27.7. The van der Waals surface area contributed by atoms with Crippen LogP contribution in [0.3, 0.4) is 0 Å². The van der Waals surface area contributed by atoms with Crippen molar-refractivity contribution in [2.75, 3.05) is 0 Å². The molecule has 0 radical (unpaired) electrons. The Kier molecular flexibility index (Phi) is 5.07. The molecule has 0 spiro atoms. The highest BCUT2D eigenvalue weighted by Crippen LogP contribution is 2.17. The average molecular weight is 350 g/mol. The maximum atomic E-state index is 12.8. The molecule has 7 heteroatoms. The number of nitrogens with zero attached hydrogens (tertiary/aromatic N) is 3. The molecule has 0 aliphatic heterocycles. The molecule has 0 fully saturated rings. The van der Waals surface area contributed by atoms with Crippen molar-refractivity contribution in [3.05, 3.63) is 83.4 Å². The van der Waals surface area contributed by atoms with Crippen molar-refractivity contribution in [2.45, 2.75) is 19.5 Å². The Morgan fingerprint density at radius 1 is 1.19 bits per heavy atom. The standard InChI is InChI=1S/C19H18N4O3/c1-13-9-15(19(25)26)7-8-16(13)18(24)22-17(10-23-12-20-11-21-23)14-5-3-2-4-6-14/h2-9,11-12,17H,10H2,1H3,(H,22,24)(H,25,26). The number of nitrogens with one attached hydrogen (secondary N) is 1. The molecule has 0 saturated carbocycles. The molecule has 2 aromatic carbocycles. The van der Waals surface area contributed by atoms with Crippen LogP contribution in [0.1, 0.15) is 37.9 Å². The summed E-state index contributed by atoms with van der Waals surface area (Å²) in [6.45, 7) is 2.15. The van der Waals surface area contributed by atoms with Crippen LogP contribution in [-0.4, -0.2) is 31.7 Å². The summed E-state index contributed by atoms with van der Waals surface area (Å²) in [7, 11) is 0. The number of carbonyl (C=O) groups is 2. The molecule has 7 nitrogen and oxygen atoms in total. The molecule has 1 amide bonds. The van der Waals surface area contributed by atoms with E-state index in [4.69, 9.17) is 5.11 Å². The van der Waals surface area contributed by atoms with Gasteiger partial charge in [0.1, 0.15) is 12.7 Å². The maximum Gasteiger partial charge on any atom is 0.335 e. The number of rotatable bonds is 6. The van der Waals surface area contributed by atoms with Gasteiger partial charge in [-0.1, -0.05) is 30.3 Å². The van der Waals surface area contributed by atoms with E-state index in [1.54, 1.807) is 17.9 Å². The molecular formula is C19H18N4O3. The second kappa shape index (κ2) is 7.60. The number of aromatic nitrogens is 3. The molecule has 0 saturated heterocycles. The molecule has 0 aliphatic rings. The van der Waals surface area contributed by atoms with Gasteiger partial charge in [-0.25, -0.2) is 9.78 Å². The third-order valence-electron chi connectivity index (χ3n) is 4.06.